The van der Waals surface area contributed by atoms with Gasteiger partial charge in [0, 0.05) is 0 Å². The summed E-state index contributed by atoms with van der Waals surface area (Å²) in [7, 11) is 0. The fraction of sp³-hybridized carbons (Fsp3) is 0.333. The van der Waals surface area contributed by atoms with Crippen LogP contribution in [0.1, 0.15) is 35.3 Å². The lowest BCUT2D eigenvalue weighted by atomic mass is 9.93. The number of aryl methyl sites for hydroxylation is 1. The topological polar surface area (TPSA) is 54.4 Å². The van der Waals surface area contributed by atoms with Crippen molar-refractivity contribution in [2.24, 2.45) is 0 Å². The lowest BCUT2D eigenvalue weighted by molar-refractivity contribution is -0.104. The van der Waals surface area contributed by atoms with Crippen LogP contribution in [0.25, 0.3) is 0 Å². The Balaban J connectivity index is 3.39. The van der Waals surface area contributed by atoms with E-state index in [4.69, 9.17) is 0 Å². The molecule has 0 atom stereocenters. The van der Waals surface area contributed by atoms with Gasteiger partial charge in [0.1, 0.15) is 5.82 Å². The zero-order chi connectivity index (χ0) is 12.5. The van der Waals surface area contributed by atoms with Crippen LogP contribution in [0.5, 0.6) is 0 Å². The number of hydrogen-bond donors (Lipinski definition) is 1. The minimum absolute atomic E-state index is 0.0785. The molecule has 16 heavy (non-hydrogen) atoms. The molecular formula is C12H13FO3. The molecule has 0 spiro atoms. The maximum Gasteiger partial charge on any atom is 0.228 e. The molecule has 1 rings (SSSR count). The van der Waals surface area contributed by atoms with Gasteiger partial charge >= 0.3 is 0 Å². The molecule has 0 aromatic heterocycles. The molecule has 1 aromatic carbocycles. The third-order valence-corrected chi connectivity index (χ3v) is 2.35. The van der Waals surface area contributed by atoms with Crippen LogP contribution in [0.4, 0.5) is 4.39 Å². The summed E-state index contributed by atoms with van der Waals surface area (Å²) in [5.41, 5.74) is -0.712. The minimum Gasteiger partial charge on any atom is -0.386 e. The summed E-state index contributed by atoms with van der Waals surface area (Å²) in [6, 6.07) is 2.57. The van der Waals surface area contributed by atoms with Crippen molar-refractivity contribution >= 4 is 12.1 Å². The van der Waals surface area contributed by atoms with Crippen LogP contribution in [0, 0.1) is 12.7 Å². The highest BCUT2D eigenvalue weighted by molar-refractivity contribution is 6.33. The molecule has 3 nitrogen and oxygen atoms in total. The Morgan fingerprint density at radius 3 is 2.38 bits per heavy atom. The van der Waals surface area contributed by atoms with E-state index in [0.717, 1.165) is 6.07 Å². The molecule has 0 aliphatic heterocycles. The average molecular weight is 224 g/mol. The largest absolute Gasteiger partial charge is 0.386 e. The van der Waals surface area contributed by atoms with E-state index in [1.54, 1.807) is 0 Å². The number of hydrogen-bond acceptors (Lipinski definition) is 3. The number of aldehydes is 1. The molecule has 0 radical (unpaired) electrons. The van der Waals surface area contributed by atoms with Gasteiger partial charge in [-0.05, 0) is 38.0 Å². The Labute approximate surface area is 92.9 Å². The van der Waals surface area contributed by atoms with Crippen LogP contribution >= 0.6 is 0 Å². The van der Waals surface area contributed by atoms with Crippen molar-refractivity contribution in [3.05, 3.63) is 34.6 Å². The van der Waals surface area contributed by atoms with Crippen molar-refractivity contribution in [3.8, 4) is 0 Å². The Morgan fingerprint density at radius 2 is 2.00 bits per heavy atom. The summed E-state index contributed by atoms with van der Waals surface area (Å²) in [4.78, 5) is 21.5. The van der Waals surface area contributed by atoms with Crippen molar-refractivity contribution in [2.45, 2.75) is 26.4 Å². The van der Waals surface area contributed by atoms with Crippen LogP contribution < -0.4 is 0 Å². The normalized spacial score (nSPS) is 11.3. The van der Waals surface area contributed by atoms with E-state index in [9.17, 15) is 19.1 Å². The molecule has 1 aromatic rings. The summed E-state index contributed by atoms with van der Waals surface area (Å²) in [6.45, 7) is 4.56. The SMILES string of the molecule is Cc1cc(C(C)(C)O)cc(F)c1C(=O)C=O. The molecule has 0 heterocycles. The standard InChI is InChI=1S/C12H13FO3/c1-7-4-8(12(2,3)16)5-9(13)11(7)10(15)6-14/h4-6,16H,1-3H3. The zero-order valence-electron chi connectivity index (χ0n) is 9.37. The summed E-state index contributed by atoms with van der Waals surface area (Å²) in [5, 5.41) is 9.70. The van der Waals surface area contributed by atoms with Gasteiger partial charge in [0.05, 0.1) is 11.2 Å². The summed E-state index contributed by atoms with van der Waals surface area (Å²) < 4.78 is 13.6. The van der Waals surface area contributed by atoms with E-state index < -0.39 is 17.2 Å². The third-order valence-electron chi connectivity index (χ3n) is 2.35. The Bertz CT molecular complexity index is 421. The number of halogens is 1. The number of benzene rings is 1. The Kier molecular flexibility index (Phi) is 3.24. The molecule has 0 saturated carbocycles. The summed E-state index contributed by atoms with van der Waals surface area (Å²) in [6.07, 6.45) is 0.0785. The highest BCUT2D eigenvalue weighted by Crippen LogP contribution is 2.24. The molecule has 0 aliphatic rings. The molecule has 0 bridgehead atoms. The molecule has 4 heteroatoms. The fourth-order valence-electron chi connectivity index (χ4n) is 1.47. The average Bonchev–Trinajstić information content (AvgIpc) is 2.14. The number of Topliss-reactive ketones (excluding diaryl/α,β-unsaturated/α-hetero) is 1. The van der Waals surface area contributed by atoms with Gasteiger partial charge in [-0.15, -0.1) is 0 Å². The second-order valence-corrected chi connectivity index (χ2v) is 4.19. The first-order valence-corrected chi connectivity index (χ1v) is 4.80. The van der Waals surface area contributed by atoms with Crippen LogP contribution in [0.2, 0.25) is 0 Å². The summed E-state index contributed by atoms with van der Waals surface area (Å²) in [5.74, 6) is -1.67. The maximum atomic E-state index is 13.6. The number of carbonyl (C=O) groups excluding carboxylic acids is 2. The van der Waals surface area contributed by atoms with Gasteiger partial charge < -0.3 is 5.11 Å². The van der Waals surface area contributed by atoms with Gasteiger partial charge in [-0.1, -0.05) is 6.07 Å². The number of ketones is 1. The maximum absolute atomic E-state index is 13.6. The highest BCUT2D eigenvalue weighted by Gasteiger charge is 2.21. The molecule has 86 valence electrons. The molecule has 0 saturated heterocycles. The lowest BCUT2D eigenvalue weighted by Crippen LogP contribution is -2.17. The van der Waals surface area contributed by atoms with Gasteiger partial charge in [-0.3, -0.25) is 9.59 Å². The van der Waals surface area contributed by atoms with Crippen LogP contribution in [0.15, 0.2) is 12.1 Å². The van der Waals surface area contributed by atoms with Gasteiger partial charge in [-0.2, -0.15) is 0 Å². The molecule has 1 N–H and O–H groups in total. The van der Waals surface area contributed by atoms with Gasteiger partial charge in [0.25, 0.3) is 0 Å². The van der Waals surface area contributed by atoms with Crippen LogP contribution in [-0.2, 0) is 10.4 Å². The zero-order valence-corrected chi connectivity index (χ0v) is 9.37. The van der Waals surface area contributed by atoms with E-state index in [1.807, 2.05) is 0 Å². The van der Waals surface area contributed by atoms with E-state index >= 15 is 0 Å². The van der Waals surface area contributed by atoms with Crippen molar-refractivity contribution in [2.75, 3.05) is 0 Å². The third kappa shape index (κ3) is 2.33. The van der Waals surface area contributed by atoms with Gasteiger partial charge in [0.2, 0.25) is 5.78 Å². The van der Waals surface area contributed by atoms with Crippen molar-refractivity contribution in [3.63, 3.8) is 0 Å². The highest BCUT2D eigenvalue weighted by atomic mass is 19.1. The number of carbonyl (C=O) groups is 2. The quantitative estimate of drug-likeness (QED) is 0.483. The van der Waals surface area contributed by atoms with E-state index in [-0.39, 0.29) is 11.8 Å². The fourth-order valence-corrected chi connectivity index (χ4v) is 1.47. The molecular weight excluding hydrogens is 211 g/mol. The predicted molar refractivity (Wildman–Crippen MR) is 56.8 cm³/mol. The first-order chi connectivity index (χ1) is 7.27. The first-order valence-electron chi connectivity index (χ1n) is 4.80. The second-order valence-electron chi connectivity index (χ2n) is 4.19. The van der Waals surface area contributed by atoms with Gasteiger partial charge in [0.15, 0.2) is 6.29 Å². The van der Waals surface area contributed by atoms with Crippen LogP contribution in [0.3, 0.4) is 0 Å². The van der Waals surface area contributed by atoms with Crippen LogP contribution in [-0.4, -0.2) is 17.2 Å². The van der Waals surface area contributed by atoms with Crippen molar-refractivity contribution < 1.29 is 19.1 Å². The van der Waals surface area contributed by atoms with E-state index in [0.29, 0.717) is 11.1 Å². The lowest BCUT2D eigenvalue weighted by Gasteiger charge is -2.19. The first kappa shape index (κ1) is 12.5. The predicted octanol–water partition coefficient (Wildman–Crippen LogP) is 1.74. The molecule has 0 amide bonds. The number of aliphatic hydroxyl groups is 1. The Hall–Kier alpha value is -1.55. The minimum atomic E-state index is -1.19. The monoisotopic (exact) mass is 224 g/mol. The van der Waals surface area contributed by atoms with E-state index in [1.165, 1.54) is 26.8 Å². The van der Waals surface area contributed by atoms with E-state index in [2.05, 4.69) is 0 Å². The number of rotatable bonds is 3. The summed E-state index contributed by atoms with van der Waals surface area (Å²) >= 11 is 0. The van der Waals surface area contributed by atoms with Crippen molar-refractivity contribution in [1.82, 2.24) is 0 Å². The van der Waals surface area contributed by atoms with Gasteiger partial charge in [-0.25, -0.2) is 4.39 Å². The molecule has 0 fully saturated rings. The molecule has 0 aliphatic carbocycles. The smallest absolute Gasteiger partial charge is 0.228 e. The van der Waals surface area contributed by atoms with Crippen molar-refractivity contribution in [1.29, 1.82) is 0 Å². The Morgan fingerprint density at radius 1 is 1.44 bits per heavy atom. The molecule has 0 unspecified atom stereocenters. The second kappa shape index (κ2) is 4.14.